The van der Waals surface area contributed by atoms with Gasteiger partial charge in [-0.2, -0.15) is 0 Å². The van der Waals surface area contributed by atoms with Crippen molar-refractivity contribution in [2.45, 2.75) is 11.3 Å². The Kier molecular flexibility index (Phi) is 3.92. The molecule has 0 unspecified atom stereocenters. The lowest BCUT2D eigenvalue weighted by Crippen LogP contribution is -2.12. The van der Waals surface area contributed by atoms with Crippen molar-refractivity contribution >= 4 is 32.6 Å². The summed E-state index contributed by atoms with van der Waals surface area (Å²) in [6.45, 7) is 0.946. The van der Waals surface area contributed by atoms with Crippen molar-refractivity contribution < 1.29 is 13.3 Å². The third-order valence-electron chi connectivity index (χ3n) is 4.09. The summed E-state index contributed by atoms with van der Waals surface area (Å²) in [5.74, 6) is 0. The van der Waals surface area contributed by atoms with Crippen LogP contribution in [-0.4, -0.2) is 33.2 Å². The summed E-state index contributed by atoms with van der Waals surface area (Å²) in [7, 11) is -1.50. The molecule has 1 aliphatic rings. The van der Waals surface area contributed by atoms with Gasteiger partial charge in [-0.05, 0) is 36.2 Å². The molecule has 1 N–H and O–H groups in total. The number of rotatable bonds is 4. The van der Waals surface area contributed by atoms with Gasteiger partial charge in [0.1, 0.15) is 5.69 Å². The van der Waals surface area contributed by atoms with Crippen molar-refractivity contribution in [1.29, 1.82) is 0 Å². The molecule has 3 rings (SSSR count). The average Bonchev–Trinajstić information content (AvgIpc) is 2.87. The van der Waals surface area contributed by atoms with E-state index in [9.17, 15) is 18.5 Å². The Morgan fingerprint density at radius 1 is 1.21 bits per heavy atom. The van der Waals surface area contributed by atoms with Gasteiger partial charge in [0.2, 0.25) is 0 Å². The fourth-order valence-electron chi connectivity index (χ4n) is 2.77. The van der Waals surface area contributed by atoms with Crippen LogP contribution in [-0.2, 0) is 16.3 Å². The van der Waals surface area contributed by atoms with E-state index in [-0.39, 0.29) is 16.3 Å². The van der Waals surface area contributed by atoms with E-state index < -0.39 is 14.8 Å². The molecule has 0 fully saturated rings. The van der Waals surface area contributed by atoms with E-state index in [1.807, 2.05) is 25.2 Å². The molecule has 126 valence electrons. The quantitative estimate of drug-likeness (QED) is 0.675. The maximum Gasteiger partial charge on any atom is 0.293 e. The van der Waals surface area contributed by atoms with Gasteiger partial charge in [0.05, 0.1) is 9.82 Å². The monoisotopic (exact) mass is 347 g/mol. The van der Waals surface area contributed by atoms with E-state index in [1.165, 1.54) is 17.7 Å². The first-order chi connectivity index (χ1) is 11.3. The number of nitrogens with one attached hydrogen (secondary N) is 1. The second kappa shape index (κ2) is 5.79. The van der Waals surface area contributed by atoms with E-state index in [2.05, 4.69) is 10.2 Å². The van der Waals surface area contributed by atoms with Crippen molar-refractivity contribution in [2.24, 2.45) is 0 Å². The standard InChI is InChI=1S/C16H17N3O4S/c1-18-8-7-11-3-4-12(9-15(11)18)17-14-6-5-13(24(2,22)23)10-16(14)19(20)21/h3-6,9-10,17H,7-8H2,1-2H3. The predicted molar refractivity (Wildman–Crippen MR) is 92.9 cm³/mol. The Balaban J connectivity index is 1.98. The number of hydrogen-bond donors (Lipinski definition) is 1. The molecule has 0 amide bonds. The zero-order valence-corrected chi connectivity index (χ0v) is 14.1. The summed E-state index contributed by atoms with van der Waals surface area (Å²) < 4.78 is 23.2. The number of benzene rings is 2. The van der Waals surface area contributed by atoms with E-state index in [4.69, 9.17) is 0 Å². The molecule has 0 radical (unpaired) electrons. The Morgan fingerprint density at radius 3 is 2.62 bits per heavy atom. The largest absolute Gasteiger partial charge is 0.374 e. The summed E-state index contributed by atoms with van der Waals surface area (Å²) in [5.41, 5.74) is 3.04. The Morgan fingerprint density at radius 2 is 1.96 bits per heavy atom. The Bertz CT molecular complexity index is 925. The molecular weight excluding hydrogens is 330 g/mol. The van der Waals surface area contributed by atoms with E-state index in [0.29, 0.717) is 0 Å². The molecule has 8 heteroatoms. The van der Waals surface area contributed by atoms with Crippen LogP contribution in [0, 0.1) is 10.1 Å². The lowest BCUT2D eigenvalue weighted by Gasteiger charge is -2.14. The number of nitrogens with zero attached hydrogens (tertiary/aromatic N) is 2. The minimum Gasteiger partial charge on any atom is -0.374 e. The van der Waals surface area contributed by atoms with Gasteiger partial charge in [-0.25, -0.2) is 8.42 Å². The number of anilines is 3. The van der Waals surface area contributed by atoms with Crippen LogP contribution in [0.2, 0.25) is 0 Å². The molecule has 0 saturated carbocycles. The second-order valence-electron chi connectivity index (χ2n) is 5.85. The Labute approximate surface area is 140 Å². The summed E-state index contributed by atoms with van der Waals surface area (Å²) >= 11 is 0. The molecule has 2 aromatic rings. The van der Waals surface area contributed by atoms with Gasteiger partial charge >= 0.3 is 0 Å². The third kappa shape index (κ3) is 3.05. The van der Waals surface area contributed by atoms with Crippen LogP contribution in [0.5, 0.6) is 0 Å². The molecule has 1 heterocycles. The minimum atomic E-state index is -3.50. The van der Waals surface area contributed by atoms with Crippen molar-refractivity contribution in [1.82, 2.24) is 0 Å². The highest BCUT2D eigenvalue weighted by Crippen LogP contribution is 2.34. The fourth-order valence-corrected chi connectivity index (χ4v) is 3.41. The van der Waals surface area contributed by atoms with Crippen LogP contribution in [0.25, 0.3) is 0 Å². The predicted octanol–water partition coefficient (Wildman–Crippen LogP) is 2.73. The smallest absolute Gasteiger partial charge is 0.293 e. The van der Waals surface area contributed by atoms with Gasteiger partial charge in [-0.15, -0.1) is 0 Å². The highest BCUT2D eigenvalue weighted by molar-refractivity contribution is 7.90. The van der Waals surface area contributed by atoms with Crippen molar-refractivity contribution in [3.8, 4) is 0 Å². The van der Waals surface area contributed by atoms with Crippen LogP contribution >= 0.6 is 0 Å². The molecule has 0 atom stereocenters. The maximum absolute atomic E-state index is 11.6. The van der Waals surface area contributed by atoms with Crippen LogP contribution in [0.3, 0.4) is 0 Å². The average molecular weight is 347 g/mol. The number of likely N-dealkylation sites (N-methyl/N-ethyl adjacent to an activating group) is 1. The van der Waals surface area contributed by atoms with E-state index in [0.717, 1.165) is 36.7 Å². The van der Waals surface area contributed by atoms with E-state index >= 15 is 0 Å². The van der Waals surface area contributed by atoms with Crippen LogP contribution in [0.15, 0.2) is 41.3 Å². The normalized spacial score (nSPS) is 13.7. The molecule has 0 spiro atoms. The molecular formula is C16H17N3O4S. The van der Waals surface area contributed by atoms with Crippen LogP contribution in [0.1, 0.15) is 5.56 Å². The SMILES string of the molecule is CN1CCc2ccc(Nc3ccc(S(C)(=O)=O)cc3[N+](=O)[O-])cc21. The molecule has 7 nitrogen and oxygen atoms in total. The zero-order valence-electron chi connectivity index (χ0n) is 13.3. The van der Waals surface area contributed by atoms with Crippen LogP contribution < -0.4 is 10.2 Å². The van der Waals surface area contributed by atoms with Gasteiger partial charge in [-0.3, -0.25) is 10.1 Å². The maximum atomic E-state index is 11.6. The third-order valence-corrected chi connectivity index (χ3v) is 5.20. The fraction of sp³-hybridized carbons (Fsp3) is 0.250. The molecule has 0 bridgehead atoms. The Hall–Kier alpha value is -2.61. The van der Waals surface area contributed by atoms with Crippen molar-refractivity contribution in [2.75, 3.05) is 30.1 Å². The zero-order chi connectivity index (χ0) is 17.5. The molecule has 0 saturated heterocycles. The second-order valence-corrected chi connectivity index (χ2v) is 7.86. The molecule has 0 aliphatic carbocycles. The first kappa shape index (κ1) is 16.3. The summed E-state index contributed by atoms with van der Waals surface area (Å²) in [4.78, 5) is 12.8. The van der Waals surface area contributed by atoms with Gasteiger partial charge in [-0.1, -0.05) is 6.07 Å². The molecule has 2 aromatic carbocycles. The summed E-state index contributed by atoms with van der Waals surface area (Å²) in [5, 5.41) is 14.3. The van der Waals surface area contributed by atoms with Gasteiger partial charge < -0.3 is 10.2 Å². The lowest BCUT2D eigenvalue weighted by atomic mass is 10.1. The summed E-state index contributed by atoms with van der Waals surface area (Å²) in [6.07, 6.45) is 2.00. The number of nitro groups is 1. The highest BCUT2D eigenvalue weighted by Gasteiger charge is 2.20. The highest BCUT2D eigenvalue weighted by atomic mass is 32.2. The van der Waals surface area contributed by atoms with Gasteiger partial charge in [0, 0.05) is 37.3 Å². The van der Waals surface area contributed by atoms with Gasteiger partial charge in [0.15, 0.2) is 9.84 Å². The number of hydrogen-bond acceptors (Lipinski definition) is 6. The van der Waals surface area contributed by atoms with Crippen molar-refractivity contribution in [3.63, 3.8) is 0 Å². The number of nitro benzene ring substituents is 1. The minimum absolute atomic E-state index is 0.0755. The first-order valence-corrected chi connectivity index (χ1v) is 9.24. The van der Waals surface area contributed by atoms with Crippen molar-refractivity contribution in [3.05, 3.63) is 52.1 Å². The van der Waals surface area contributed by atoms with Crippen LogP contribution in [0.4, 0.5) is 22.7 Å². The first-order valence-electron chi connectivity index (χ1n) is 7.35. The lowest BCUT2D eigenvalue weighted by molar-refractivity contribution is -0.384. The topological polar surface area (TPSA) is 92.6 Å². The molecule has 1 aliphatic heterocycles. The summed E-state index contributed by atoms with van der Waals surface area (Å²) in [6, 6.07) is 9.67. The number of sulfone groups is 1. The van der Waals surface area contributed by atoms with Gasteiger partial charge in [0.25, 0.3) is 5.69 Å². The molecule has 0 aromatic heterocycles. The van der Waals surface area contributed by atoms with E-state index in [1.54, 1.807) is 0 Å². The number of fused-ring (bicyclic) bond motifs is 1. The molecule has 24 heavy (non-hydrogen) atoms.